The molecule has 4 aromatic rings. The smallest absolute Gasteiger partial charge is 0.309 e. The van der Waals surface area contributed by atoms with Gasteiger partial charge in [-0.05, 0) is 0 Å². The Hall–Kier alpha value is -3.29. The average Bonchev–Trinajstić information content (AvgIpc) is 3.70. The van der Waals surface area contributed by atoms with E-state index >= 15 is 0 Å². The Morgan fingerprint density at radius 2 is 1.79 bits per heavy atom. The minimum Gasteiger partial charge on any atom is -0.856 e. The Morgan fingerprint density at radius 1 is 1.08 bits per heavy atom. The van der Waals surface area contributed by atoms with Gasteiger partial charge in [0.15, 0.2) is 36.0 Å². The molecule has 6 heterocycles. The summed E-state index contributed by atoms with van der Waals surface area (Å²) in [5.41, 5.74) is 10.1. The molecule has 4 unspecified atom stereocenters. The summed E-state index contributed by atoms with van der Waals surface area (Å²) in [5.74, 6) is -2.01. The number of phosphoric ester groups is 1. The van der Waals surface area contributed by atoms with Crippen LogP contribution in [-0.2, 0) is 34.5 Å². The number of imidazole rings is 2. The second-order valence-electron chi connectivity index (χ2n) is 10.6. The minimum absolute atomic E-state index is 0.00932. The lowest BCUT2D eigenvalue weighted by Crippen LogP contribution is -2.46. The van der Waals surface area contributed by atoms with Gasteiger partial charge in [0.1, 0.15) is 30.5 Å². The normalized spacial score (nSPS) is 30.2. The van der Waals surface area contributed by atoms with Gasteiger partial charge in [-0.15, -0.1) is 0 Å². The van der Waals surface area contributed by atoms with Crippen LogP contribution in [0.25, 0.3) is 22.3 Å². The zero-order valence-electron chi connectivity index (χ0n) is 24.1. The van der Waals surface area contributed by atoms with Crippen molar-refractivity contribution in [3.05, 3.63) is 23.0 Å². The number of fused-ring (bicyclic) bond motifs is 2. The van der Waals surface area contributed by atoms with Crippen molar-refractivity contribution in [2.24, 2.45) is 7.05 Å². The SMILES string of the molecule is Cn1c[n+]([C@@H]2O[C@H](COP(=O)([O-])OP(=O)([O-])SC[C@H]3O[C@@H](n4cnc5c(=O)[nH]c(N)nc54)C(O)[C@H]3O)C(O)[C@@H]2O)c2nc(N)nc([O-])c21. The van der Waals surface area contributed by atoms with E-state index in [1.54, 1.807) is 0 Å². The number of aryl methyl sites for hydroxylation is 1. The van der Waals surface area contributed by atoms with E-state index in [0.717, 1.165) is 10.9 Å². The zero-order valence-corrected chi connectivity index (χ0v) is 26.8. The lowest BCUT2D eigenvalue weighted by atomic mass is 10.1. The van der Waals surface area contributed by atoms with Crippen molar-refractivity contribution in [3.63, 3.8) is 0 Å². The van der Waals surface area contributed by atoms with Crippen LogP contribution in [0, 0.1) is 0 Å². The van der Waals surface area contributed by atoms with Crippen LogP contribution in [-0.4, -0.2) is 103 Å². The molecule has 0 aliphatic carbocycles. The molecule has 2 aliphatic rings. The van der Waals surface area contributed by atoms with Gasteiger partial charge in [0.25, 0.3) is 19.3 Å². The molecule has 0 aromatic carbocycles. The Kier molecular flexibility index (Phi) is 9.04. The van der Waals surface area contributed by atoms with E-state index in [1.165, 1.54) is 22.5 Å². The molecule has 6 rings (SSSR count). The van der Waals surface area contributed by atoms with Crippen molar-refractivity contribution in [1.82, 2.24) is 34.1 Å². The average molecular weight is 737 g/mol. The highest BCUT2D eigenvalue weighted by atomic mass is 32.7. The van der Waals surface area contributed by atoms with Crippen molar-refractivity contribution in [2.75, 3.05) is 23.8 Å². The van der Waals surface area contributed by atoms with Crippen LogP contribution in [0.1, 0.15) is 12.5 Å². The van der Waals surface area contributed by atoms with Crippen molar-refractivity contribution < 1.29 is 67.3 Å². The molecule has 48 heavy (non-hydrogen) atoms. The van der Waals surface area contributed by atoms with E-state index in [-0.39, 0.29) is 45.6 Å². The Labute approximate surface area is 270 Å². The van der Waals surface area contributed by atoms with Gasteiger partial charge in [-0.3, -0.25) is 32.4 Å². The van der Waals surface area contributed by atoms with Gasteiger partial charge in [0.2, 0.25) is 12.2 Å². The van der Waals surface area contributed by atoms with Crippen LogP contribution in [0.3, 0.4) is 0 Å². The van der Waals surface area contributed by atoms with Crippen LogP contribution >= 0.6 is 26.0 Å². The van der Waals surface area contributed by atoms with Crippen molar-refractivity contribution >= 4 is 60.2 Å². The monoisotopic (exact) mass is 736 g/mol. The van der Waals surface area contributed by atoms with E-state index in [9.17, 15) is 49.2 Å². The van der Waals surface area contributed by atoms with Gasteiger partial charge in [-0.1, -0.05) is 16.4 Å². The van der Waals surface area contributed by atoms with Crippen molar-refractivity contribution in [3.8, 4) is 5.88 Å². The third kappa shape index (κ3) is 6.40. The Bertz CT molecular complexity index is 2030. The number of nitrogens with zero attached hydrogens (tertiary/aromatic N) is 7. The highest BCUT2D eigenvalue weighted by Crippen LogP contribution is 2.63. The summed E-state index contributed by atoms with van der Waals surface area (Å²) in [6.45, 7) is -6.35. The van der Waals surface area contributed by atoms with Crippen LogP contribution in [0.4, 0.5) is 11.9 Å². The second-order valence-corrected chi connectivity index (χ2v) is 16.0. The number of aliphatic hydroxyl groups is 4. The molecule has 10 atom stereocenters. The molecule has 24 nitrogen and oxygen atoms in total. The number of aromatic amines is 1. The van der Waals surface area contributed by atoms with Gasteiger partial charge >= 0.3 is 5.65 Å². The third-order valence-corrected chi connectivity index (χ3v) is 12.3. The molecule has 2 aliphatic heterocycles. The number of H-pyrrole nitrogens is 1. The number of ether oxygens (including phenoxy) is 2. The minimum atomic E-state index is -5.66. The van der Waals surface area contributed by atoms with Gasteiger partial charge < -0.3 is 60.8 Å². The maximum absolute atomic E-state index is 12.5. The number of nitrogens with two attached hydrogens (primary N) is 2. The number of aliphatic hydroxyl groups excluding tert-OH is 4. The fourth-order valence-corrected chi connectivity index (χ4v) is 9.67. The van der Waals surface area contributed by atoms with E-state index in [1.807, 2.05) is 0 Å². The molecular formula is C21H26N10O14P2S-2. The topological polar surface area (TPSA) is 371 Å². The summed E-state index contributed by atoms with van der Waals surface area (Å²) in [6.07, 6.45) is -10.1. The highest BCUT2D eigenvalue weighted by Gasteiger charge is 2.48. The molecule has 0 bridgehead atoms. The summed E-state index contributed by atoms with van der Waals surface area (Å²) < 4.78 is 48.6. The number of hydrogen-bond acceptors (Lipinski definition) is 21. The largest absolute Gasteiger partial charge is 0.856 e. The lowest BCUT2D eigenvalue weighted by molar-refractivity contribution is -0.745. The van der Waals surface area contributed by atoms with E-state index in [4.69, 9.17) is 20.9 Å². The predicted molar refractivity (Wildman–Crippen MR) is 152 cm³/mol. The summed E-state index contributed by atoms with van der Waals surface area (Å²) in [5, 5.41) is 54.4. The molecule has 4 aromatic heterocycles. The molecule has 262 valence electrons. The molecule has 0 amide bonds. The fourth-order valence-electron chi connectivity index (χ4n) is 5.23. The van der Waals surface area contributed by atoms with Crippen molar-refractivity contribution in [2.45, 2.75) is 49.1 Å². The van der Waals surface area contributed by atoms with Gasteiger partial charge in [0.05, 0.1) is 26.1 Å². The van der Waals surface area contributed by atoms with E-state index in [0.29, 0.717) is 0 Å². The summed E-state index contributed by atoms with van der Waals surface area (Å²) in [4.78, 5) is 54.6. The van der Waals surface area contributed by atoms with Crippen LogP contribution in [0.2, 0.25) is 0 Å². The van der Waals surface area contributed by atoms with Crippen LogP contribution in [0.5, 0.6) is 5.88 Å². The summed E-state index contributed by atoms with van der Waals surface area (Å²) in [7, 11) is -4.18. The number of aromatic nitrogens is 8. The van der Waals surface area contributed by atoms with Gasteiger partial charge in [-0.2, -0.15) is 4.98 Å². The zero-order chi connectivity index (χ0) is 34.9. The molecule has 2 saturated heterocycles. The number of anilines is 2. The molecule has 27 heteroatoms. The van der Waals surface area contributed by atoms with Gasteiger partial charge in [-0.25, -0.2) is 14.5 Å². The third-order valence-electron chi connectivity index (χ3n) is 7.41. The second kappa shape index (κ2) is 12.5. The summed E-state index contributed by atoms with van der Waals surface area (Å²) >= 11 is -0.0813. The number of rotatable bonds is 10. The van der Waals surface area contributed by atoms with Crippen molar-refractivity contribution in [1.29, 1.82) is 0 Å². The van der Waals surface area contributed by atoms with E-state index < -0.39 is 87.5 Å². The number of hydrogen-bond donors (Lipinski definition) is 7. The quantitative estimate of drug-likeness (QED) is 0.0590. The van der Waals surface area contributed by atoms with Crippen LogP contribution < -0.4 is 36.5 Å². The number of nitrogens with one attached hydrogen (secondary N) is 1. The first kappa shape index (κ1) is 34.6. The lowest BCUT2D eigenvalue weighted by Gasteiger charge is -2.31. The summed E-state index contributed by atoms with van der Waals surface area (Å²) in [6, 6.07) is 0. The molecule has 2 fully saturated rings. The standard InChI is InChI=1S/C21H28N10O14P2S/c1-29-5-31(15-9(29)17(37)28-21(23)26-15)19-12(34)10(32)6(43-19)2-42-46(38,39)45-47(40,41)48-3-7-11(33)13(35)18(44-7)30-4-24-8-14(30)25-20(22)27-16(8)36/h4-7,10-13,18-19,32-35H,2-3H2,1H3,(H7-,22,23,25,26,27,28,36,37,38,39,40,41)/p-2/t6-,7-,10?,11+,12+,13?,18-,19-/m1/s1. The van der Waals surface area contributed by atoms with E-state index in [2.05, 4.69) is 33.8 Å². The predicted octanol–water partition coefficient (Wildman–Crippen LogP) is -5.43. The Balaban J connectivity index is 1.07. The highest BCUT2D eigenvalue weighted by molar-refractivity contribution is 8.54. The van der Waals surface area contributed by atoms with Gasteiger partial charge in [0, 0.05) is 11.6 Å². The number of nitrogen functional groups attached to an aromatic ring is 2. The van der Waals surface area contributed by atoms with Crippen LogP contribution in [0.15, 0.2) is 17.4 Å². The molecule has 0 saturated carbocycles. The first-order valence-electron chi connectivity index (χ1n) is 13.5. The first-order valence-corrected chi connectivity index (χ1v) is 18.1. The molecular weight excluding hydrogens is 710 g/mol. The molecule has 0 radical (unpaired) electrons. The molecule has 0 spiro atoms. The molecule has 9 N–H and O–H groups in total. The fraction of sp³-hybridized carbons (Fsp3) is 0.524. The first-order chi connectivity index (χ1) is 22.5. The maximum atomic E-state index is 12.5. The number of phosphoric acid groups is 1. The maximum Gasteiger partial charge on any atom is 0.309 e. The Morgan fingerprint density at radius 3 is 2.52 bits per heavy atom.